The number of anilines is 2. The first kappa shape index (κ1) is 25.3. The van der Waals surface area contributed by atoms with E-state index in [4.69, 9.17) is 9.47 Å². The minimum Gasteiger partial charge on any atom is -0.472 e. The SMILES string of the molecule is CC(C)(C)OC(=O)c1cccc(N(Cc2cccnc2)c2ccc(OC(F)F)c(OC3CCC3)n2)c1. The highest BCUT2D eigenvalue weighted by Crippen LogP contribution is 2.36. The Balaban J connectivity index is 1.72. The molecule has 0 saturated heterocycles. The van der Waals surface area contributed by atoms with Gasteiger partial charge in [0.15, 0.2) is 5.75 Å². The number of carbonyl (C=O) groups is 1. The van der Waals surface area contributed by atoms with Gasteiger partial charge in [-0.15, -0.1) is 0 Å². The summed E-state index contributed by atoms with van der Waals surface area (Å²) in [4.78, 5) is 23.3. The van der Waals surface area contributed by atoms with Gasteiger partial charge in [0.25, 0.3) is 5.88 Å². The van der Waals surface area contributed by atoms with Gasteiger partial charge in [-0.1, -0.05) is 12.1 Å². The zero-order valence-electron chi connectivity index (χ0n) is 20.5. The Morgan fingerprint density at radius 2 is 1.94 bits per heavy atom. The Bertz CT molecular complexity index is 1180. The highest BCUT2D eigenvalue weighted by Gasteiger charge is 2.25. The predicted octanol–water partition coefficient (Wildman–Crippen LogP) is 6.30. The smallest absolute Gasteiger partial charge is 0.387 e. The average molecular weight is 498 g/mol. The second-order valence-corrected chi connectivity index (χ2v) is 9.52. The first-order valence-electron chi connectivity index (χ1n) is 11.8. The number of aromatic nitrogens is 2. The zero-order valence-corrected chi connectivity index (χ0v) is 20.5. The van der Waals surface area contributed by atoms with Crippen LogP contribution < -0.4 is 14.4 Å². The van der Waals surface area contributed by atoms with Gasteiger partial charge in [-0.25, -0.2) is 4.79 Å². The summed E-state index contributed by atoms with van der Waals surface area (Å²) in [6.07, 6.45) is 5.99. The third-order valence-electron chi connectivity index (χ3n) is 5.49. The average Bonchev–Trinajstić information content (AvgIpc) is 2.80. The Labute approximate surface area is 209 Å². The van der Waals surface area contributed by atoms with E-state index in [0.29, 0.717) is 23.6 Å². The van der Waals surface area contributed by atoms with Crippen LogP contribution in [0.1, 0.15) is 56.0 Å². The molecule has 36 heavy (non-hydrogen) atoms. The summed E-state index contributed by atoms with van der Waals surface area (Å²) < 4.78 is 42.1. The van der Waals surface area contributed by atoms with E-state index >= 15 is 0 Å². The number of carbonyl (C=O) groups excluding carboxylic acids is 1. The highest BCUT2D eigenvalue weighted by atomic mass is 19.3. The molecule has 1 saturated carbocycles. The standard InChI is InChI=1S/C27H29F2N3O4/c1-27(2,3)36-25(33)19-8-4-9-20(15-19)32(17-18-7-6-14-30-16-18)23-13-12-22(35-26(28)29)24(31-23)34-21-10-5-11-21/h4,6-9,12-16,21,26H,5,10-11,17H2,1-3H3. The molecule has 0 bridgehead atoms. The molecule has 0 unspecified atom stereocenters. The fraction of sp³-hybridized carbons (Fsp3) is 0.370. The van der Waals surface area contributed by atoms with Gasteiger partial charge < -0.3 is 19.1 Å². The summed E-state index contributed by atoms with van der Waals surface area (Å²) in [6, 6.07) is 13.7. The molecular weight excluding hydrogens is 468 g/mol. The number of alkyl halides is 2. The van der Waals surface area contributed by atoms with E-state index in [9.17, 15) is 13.6 Å². The van der Waals surface area contributed by atoms with E-state index in [0.717, 1.165) is 24.8 Å². The quantitative estimate of drug-likeness (QED) is 0.321. The lowest BCUT2D eigenvalue weighted by Gasteiger charge is -2.29. The largest absolute Gasteiger partial charge is 0.472 e. The molecule has 9 heteroatoms. The lowest BCUT2D eigenvalue weighted by molar-refractivity contribution is -0.0532. The van der Waals surface area contributed by atoms with Crippen molar-refractivity contribution in [3.8, 4) is 11.6 Å². The number of pyridine rings is 2. The summed E-state index contributed by atoms with van der Waals surface area (Å²) >= 11 is 0. The maximum absolute atomic E-state index is 13.0. The van der Waals surface area contributed by atoms with Crippen molar-refractivity contribution in [1.29, 1.82) is 0 Å². The van der Waals surface area contributed by atoms with E-state index in [1.807, 2.05) is 23.1 Å². The normalized spacial score (nSPS) is 13.7. The number of benzene rings is 1. The first-order chi connectivity index (χ1) is 17.2. The lowest BCUT2D eigenvalue weighted by Crippen LogP contribution is -2.26. The predicted molar refractivity (Wildman–Crippen MR) is 131 cm³/mol. The van der Waals surface area contributed by atoms with Gasteiger partial charge in [-0.05, 0) is 82.0 Å². The summed E-state index contributed by atoms with van der Waals surface area (Å²) in [6.45, 7) is 2.77. The molecule has 0 aliphatic heterocycles. The van der Waals surface area contributed by atoms with E-state index in [1.165, 1.54) is 6.07 Å². The molecule has 1 aliphatic rings. The fourth-order valence-electron chi connectivity index (χ4n) is 3.60. The van der Waals surface area contributed by atoms with Crippen molar-refractivity contribution in [1.82, 2.24) is 9.97 Å². The van der Waals surface area contributed by atoms with Gasteiger partial charge in [-0.2, -0.15) is 13.8 Å². The number of rotatable bonds is 9. The molecule has 1 aliphatic carbocycles. The Kier molecular flexibility index (Phi) is 7.67. The topological polar surface area (TPSA) is 73.8 Å². The van der Waals surface area contributed by atoms with E-state index in [1.54, 1.807) is 57.4 Å². The van der Waals surface area contributed by atoms with Crippen molar-refractivity contribution >= 4 is 17.5 Å². The van der Waals surface area contributed by atoms with Crippen molar-refractivity contribution in [3.63, 3.8) is 0 Å². The molecule has 0 amide bonds. The molecule has 0 atom stereocenters. The molecule has 1 fully saturated rings. The van der Waals surface area contributed by atoms with Gasteiger partial charge in [-0.3, -0.25) is 4.98 Å². The zero-order chi connectivity index (χ0) is 25.7. The third kappa shape index (κ3) is 6.68. The molecule has 2 aromatic heterocycles. The van der Waals surface area contributed by atoms with Crippen molar-refractivity contribution in [2.75, 3.05) is 4.90 Å². The summed E-state index contributed by atoms with van der Waals surface area (Å²) in [5.74, 6) is -0.120. The molecular formula is C27H29F2N3O4. The van der Waals surface area contributed by atoms with Crippen LogP contribution >= 0.6 is 0 Å². The molecule has 7 nitrogen and oxygen atoms in total. The summed E-state index contributed by atoms with van der Waals surface area (Å²) in [7, 11) is 0. The van der Waals surface area contributed by atoms with Crippen LogP contribution in [0.25, 0.3) is 0 Å². The van der Waals surface area contributed by atoms with Crippen LogP contribution in [0.5, 0.6) is 11.6 Å². The summed E-state index contributed by atoms with van der Waals surface area (Å²) in [5, 5.41) is 0. The molecule has 190 valence electrons. The lowest BCUT2D eigenvalue weighted by atomic mass is 9.96. The molecule has 2 heterocycles. The van der Waals surface area contributed by atoms with Gasteiger partial charge in [0.2, 0.25) is 0 Å². The third-order valence-corrected chi connectivity index (χ3v) is 5.49. The second-order valence-electron chi connectivity index (χ2n) is 9.52. The van der Waals surface area contributed by atoms with Crippen molar-refractivity contribution in [2.45, 2.75) is 64.9 Å². The Morgan fingerprint density at radius 3 is 2.58 bits per heavy atom. The van der Waals surface area contributed by atoms with Gasteiger partial charge in [0, 0.05) is 18.1 Å². The molecule has 0 spiro atoms. The van der Waals surface area contributed by atoms with Crippen molar-refractivity contribution in [3.05, 3.63) is 72.1 Å². The minimum absolute atomic E-state index is 0.0111. The Hall–Kier alpha value is -3.75. The van der Waals surface area contributed by atoms with Gasteiger partial charge >= 0.3 is 12.6 Å². The van der Waals surface area contributed by atoms with Crippen LogP contribution in [-0.4, -0.2) is 34.3 Å². The second kappa shape index (κ2) is 10.9. The number of nitrogens with zero attached hydrogens (tertiary/aromatic N) is 3. The molecule has 0 N–H and O–H groups in total. The van der Waals surface area contributed by atoms with E-state index in [2.05, 4.69) is 14.7 Å². The maximum atomic E-state index is 13.0. The molecule has 1 aromatic carbocycles. The molecule has 3 aromatic rings. The maximum Gasteiger partial charge on any atom is 0.387 e. The number of ether oxygens (including phenoxy) is 3. The first-order valence-corrected chi connectivity index (χ1v) is 11.8. The number of hydrogen-bond donors (Lipinski definition) is 0. The summed E-state index contributed by atoms with van der Waals surface area (Å²) in [5.41, 5.74) is 1.28. The Morgan fingerprint density at radius 1 is 1.14 bits per heavy atom. The molecule has 4 rings (SSSR count). The van der Waals surface area contributed by atoms with Crippen LogP contribution in [0, 0.1) is 0 Å². The van der Waals surface area contributed by atoms with Crippen molar-refractivity contribution in [2.24, 2.45) is 0 Å². The van der Waals surface area contributed by atoms with Crippen molar-refractivity contribution < 1.29 is 27.8 Å². The fourth-order valence-corrected chi connectivity index (χ4v) is 3.60. The molecule has 0 radical (unpaired) electrons. The van der Waals surface area contributed by atoms with E-state index < -0.39 is 18.2 Å². The van der Waals surface area contributed by atoms with Crippen LogP contribution in [0.2, 0.25) is 0 Å². The van der Waals surface area contributed by atoms with Crippen LogP contribution in [-0.2, 0) is 11.3 Å². The number of halogens is 2. The highest BCUT2D eigenvalue weighted by molar-refractivity contribution is 5.91. The number of esters is 1. The monoisotopic (exact) mass is 497 g/mol. The van der Waals surface area contributed by atoms with Crippen LogP contribution in [0.3, 0.4) is 0 Å². The number of hydrogen-bond acceptors (Lipinski definition) is 7. The van der Waals surface area contributed by atoms with Crippen LogP contribution in [0.15, 0.2) is 60.9 Å². The van der Waals surface area contributed by atoms with Gasteiger partial charge in [0.1, 0.15) is 17.5 Å². The van der Waals surface area contributed by atoms with E-state index in [-0.39, 0.29) is 17.7 Å². The van der Waals surface area contributed by atoms with Gasteiger partial charge in [0.05, 0.1) is 12.1 Å². The minimum atomic E-state index is -3.00. The van der Waals surface area contributed by atoms with Crippen LogP contribution in [0.4, 0.5) is 20.3 Å².